The molecule has 0 bridgehead atoms. The summed E-state index contributed by atoms with van der Waals surface area (Å²) in [6, 6.07) is 0. The van der Waals surface area contributed by atoms with Crippen molar-refractivity contribution < 1.29 is 24.2 Å². The van der Waals surface area contributed by atoms with E-state index in [4.69, 9.17) is 9.84 Å². The van der Waals surface area contributed by atoms with Crippen LogP contribution in [0.5, 0.6) is 0 Å². The Balaban J connectivity index is 2.19. The highest BCUT2D eigenvalue weighted by Crippen LogP contribution is 2.48. The second-order valence-electron chi connectivity index (χ2n) is 3.69. The second-order valence-corrected chi connectivity index (χ2v) is 5.96. The van der Waals surface area contributed by atoms with Gasteiger partial charge in [0.05, 0.1) is 18.4 Å². The number of amides is 1. The summed E-state index contributed by atoms with van der Waals surface area (Å²) in [5.41, 5.74) is -0.00528. The number of ether oxygens (including phenoxy) is 1. The molecule has 0 spiro atoms. The summed E-state index contributed by atoms with van der Waals surface area (Å²) >= 11 is 0. The van der Waals surface area contributed by atoms with Gasteiger partial charge < -0.3 is 9.84 Å². The largest absolute Gasteiger partial charge is 0.477 e. The van der Waals surface area contributed by atoms with E-state index in [1.165, 1.54) is 11.0 Å². The SMILES string of the molecule is CCOC(=O)[SH]1CC=C(C(=O)O)N2C(=O)CC21. The minimum Gasteiger partial charge on any atom is -0.477 e. The molecule has 0 radical (unpaired) electrons. The summed E-state index contributed by atoms with van der Waals surface area (Å²) in [7, 11) is -1.13. The van der Waals surface area contributed by atoms with Crippen LogP contribution in [-0.2, 0) is 14.3 Å². The number of hydrogen-bond donors (Lipinski definition) is 2. The molecular weight excluding hydrogens is 246 g/mol. The highest BCUT2D eigenvalue weighted by Gasteiger charge is 2.48. The highest BCUT2D eigenvalue weighted by molar-refractivity contribution is 8.30. The van der Waals surface area contributed by atoms with Gasteiger partial charge in [0, 0.05) is 5.75 Å². The average molecular weight is 259 g/mol. The van der Waals surface area contributed by atoms with Crippen molar-refractivity contribution in [2.24, 2.45) is 0 Å². The van der Waals surface area contributed by atoms with Crippen molar-refractivity contribution >= 4 is 28.1 Å². The minimum atomic E-state index is -1.13. The predicted molar refractivity (Wildman–Crippen MR) is 61.8 cm³/mol. The lowest BCUT2D eigenvalue weighted by Gasteiger charge is -2.47. The molecule has 0 aromatic rings. The van der Waals surface area contributed by atoms with Crippen molar-refractivity contribution in [1.29, 1.82) is 0 Å². The van der Waals surface area contributed by atoms with E-state index in [2.05, 4.69) is 0 Å². The maximum Gasteiger partial charge on any atom is 0.352 e. The Morgan fingerprint density at radius 2 is 2.35 bits per heavy atom. The number of carbonyl (C=O) groups excluding carboxylic acids is 2. The second kappa shape index (κ2) is 4.40. The van der Waals surface area contributed by atoms with Crippen LogP contribution in [0.2, 0.25) is 0 Å². The zero-order chi connectivity index (χ0) is 12.6. The molecule has 1 saturated heterocycles. The molecule has 94 valence electrons. The third-order valence-corrected chi connectivity index (χ3v) is 5.05. The standard InChI is InChI=1S/C10H13NO5S/c1-2-16-10(15)17-4-3-6(9(13)14)11-7(12)5-8(11)17/h3,8,17H,2,4-5H2,1H3,(H,13,14). The van der Waals surface area contributed by atoms with E-state index in [0.29, 0.717) is 12.4 Å². The van der Waals surface area contributed by atoms with E-state index in [0.717, 1.165) is 0 Å². The van der Waals surface area contributed by atoms with Crippen molar-refractivity contribution in [2.75, 3.05) is 12.4 Å². The maximum atomic E-state index is 11.7. The normalized spacial score (nSPS) is 28.9. The lowest BCUT2D eigenvalue weighted by atomic mass is 10.1. The maximum absolute atomic E-state index is 11.7. The molecule has 2 atom stereocenters. The number of fused-ring (bicyclic) bond motifs is 1. The first-order valence-electron chi connectivity index (χ1n) is 5.25. The molecule has 6 nitrogen and oxygen atoms in total. The van der Waals surface area contributed by atoms with Gasteiger partial charge in [-0.25, -0.2) is 9.59 Å². The number of thiol groups is 1. The van der Waals surface area contributed by atoms with Crippen LogP contribution in [0.25, 0.3) is 0 Å². The van der Waals surface area contributed by atoms with E-state index in [9.17, 15) is 14.4 Å². The quantitative estimate of drug-likeness (QED) is 0.433. The molecule has 17 heavy (non-hydrogen) atoms. The summed E-state index contributed by atoms with van der Waals surface area (Å²) in [5, 5.41) is 8.35. The fraction of sp³-hybridized carbons (Fsp3) is 0.500. The van der Waals surface area contributed by atoms with Gasteiger partial charge in [-0.3, -0.25) is 9.69 Å². The van der Waals surface area contributed by atoms with Crippen LogP contribution in [0.1, 0.15) is 13.3 Å². The van der Waals surface area contributed by atoms with Gasteiger partial charge in [-0.05, 0) is 13.0 Å². The summed E-state index contributed by atoms with van der Waals surface area (Å²) in [5.74, 6) is -0.980. The third-order valence-electron chi connectivity index (χ3n) is 2.75. The monoisotopic (exact) mass is 259 g/mol. The molecule has 2 rings (SSSR count). The number of rotatable bonds is 2. The Bertz CT molecular complexity index is 419. The van der Waals surface area contributed by atoms with E-state index in [1.807, 2.05) is 0 Å². The van der Waals surface area contributed by atoms with Crippen LogP contribution < -0.4 is 0 Å². The van der Waals surface area contributed by atoms with Crippen LogP contribution in [0, 0.1) is 0 Å². The number of aliphatic carboxylic acids is 1. The number of hydrogen-bond acceptors (Lipinski definition) is 4. The van der Waals surface area contributed by atoms with E-state index < -0.39 is 16.9 Å². The first-order chi connectivity index (χ1) is 8.06. The van der Waals surface area contributed by atoms with Crippen molar-refractivity contribution in [1.82, 2.24) is 4.90 Å². The molecule has 2 aliphatic heterocycles. The van der Waals surface area contributed by atoms with Crippen LogP contribution in [0.3, 0.4) is 0 Å². The molecule has 0 saturated carbocycles. The van der Waals surface area contributed by atoms with Crippen molar-refractivity contribution in [3.8, 4) is 0 Å². The molecular formula is C10H13NO5S. The number of carbonyl (C=O) groups is 3. The molecule has 2 unspecified atom stereocenters. The molecule has 1 amide bonds. The van der Waals surface area contributed by atoms with Crippen molar-refractivity contribution in [3.63, 3.8) is 0 Å². The van der Waals surface area contributed by atoms with Gasteiger partial charge in [0.1, 0.15) is 5.70 Å². The van der Waals surface area contributed by atoms with Crippen LogP contribution in [-0.4, -0.2) is 44.9 Å². The average Bonchev–Trinajstić information content (AvgIpc) is 2.26. The third kappa shape index (κ3) is 1.90. The molecule has 0 aliphatic carbocycles. The smallest absolute Gasteiger partial charge is 0.352 e. The number of β-lactam (4-membered cyclic amide) rings is 1. The fourth-order valence-corrected chi connectivity index (χ4v) is 4.15. The Morgan fingerprint density at radius 3 is 2.88 bits per heavy atom. The first kappa shape index (κ1) is 12.0. The van der Waals surface area contributed by atoms with Gasteiger partial charge in [0.25, 0.3) is 0 Å². The molecule has 7 heteroatoms. The Morgan fingerprint density at radius 1 is 1.65 bits per heavy atom. The number of nitrogens with zero attached hydrogens (tertiary/aromatic N) is 1. The van der Waals surface area contributed by atoms with Crippen LogP contribution >= 0.6 is 10.9 Å². The molecule has 2 aliphatic rings. The van der Waals surface area contributed by atoms with Gasteiger partial charge in [-0.1, -0.05) is 0 Å². The molecule has 0 aromatic carbocycles. The van der Waals surface area contributed by atoms with E-state index in [1.54, 1.807) is 6.92 Å². The van der Waals surface area contributed by atoms with Crippen molar-refractivity contribution in [2.45, 2.75) is 18.7 Å². The molecule has 1 N–H and O–H groups in total. The Labute approximate surface area is 101 Å². The van der Waals surface area contributed by atoms with E-state index >= 15 is 0 Å². The zero-order valence-corrected chi connectivity index (χ0v) is 10.1. The first-order valence-corrected chi connectivity index (χ1v) is 6.84. The summed E-state index contributed by atoms with van der Waals surface area (Å²) in [4.78, 5) is 35.2. The number of carboxylic acid groups (broad SMARTS) is 1. The van der Waals surface area contributed by atoms with Crippen LogP contribution in [0.4, 0.5) is 4.79 Å². The molecule has 0 aromatic heterocycles. The fourth-order valence-electron chi connectivity index (χ4n) is 1.94. The lowest BCUT2D eigenvalue weighted by Crippen LogP contribution is -2.55. The lowest BCUT2D eigenvalue weighted by molar-refractivity contribution is -0.146. The Hall–Kier alpha value is -1.50. The highest BCUT2D eigenvalue weighted by atomic mass is 32.2. The van der Waals surface area contributed by atoms with E-state index in [-0.39, 0.29) is 28.7 Å². The predicted octanol–water partition coefficient (Wildman–Crippen LogP) is 0.685. The van der Waals surface area contributed by atoms with Crippen molar-refractivity contribution in [3.05, 3.63) is 11.8 Å². The Kier molecular flexibility index (Phi) is 3.10. The van der Waals surface area contributed by atoms with Gasteiger partial charge in [0.15, 0.2) is 0 Å². The molecule has 2 heterocycles. The zero-order valence-electron chi connectivity index (χ0n) is 9.25. The summed E-state index contributed by atoms with van der Waals surface area (Å²) < 4.78 is 4.94. The molecule has 1 fully saturated rings. The van der Waals surface area contributed by atoms with Crippen LogP contribution in [0.15, 0.2) is 11.8 Å². The van der Waals surface area contributed by atoms with Gasteiger partial charge >= 0.3 is 11.3 Å². The van der Waals surface area contributed by atoms with Gasteiger partial charge in [-0.15, -0.1) is 10.9 Å². The minimum absolute atomic E-state index is 0.00528. The topological polar surface area (TPSA) is 83.9 Å². The van der Waals surface area contributed by atoms with Gasteiger partial charge in [-0.2, -0.15) is 0 Å². The number of carboxylic acids is 1. The summed E-state index contributed by atoms with van der Waals surface area (Å²) in [6.45, 7) is 2.02. The van der Waals surface area contributed by atoms with Gasteiger partial charge in [0.2, 0.25) is 5.91 Å². The summed E-state index contributed by atoms with van der Waals surface area (Å²) in [6.07, 6.45) is 1.69.